The predicted molar refractivity (Wildman–Crippen MR) is 179 cm³/mol. The van der Waals surface area contributed by atoms with Crippen molar-refractivity contribution in [3.8, 4) is 0 Å². The molecule has 2 aliphatic rings. The van der Waals surface area contributed by atoms with Gasteiger partial charge in [0.1, 0.15) is 0 Å². The number of rotatable bonds is 8. The van der Waals surface area contributed by atoms with E-state index in [1.165, 1.54) is 0 Å². The van der Waals surface area contributed by atoms with Crippen LogP contribution in [0.4, 0.5) is 0 Å². The van der Waals surface area contributed by atoms with Gasteiger partial charge in [0.05, 0.1) is 0 Å². The summed E-state index contributed by atoms with van der Waals surface area (Å²) < 4.78 is 0. The summed E-state index contributed by atoms with van der Waals surface area (Å²) in [7, 11) is -7.72. The first-order chi connectivity index (χ1) is 15.5. The number of hydrogen-bond acceptors (Lipinski definition) is 0. The van der Waals surface area contributed by atoms with Crippen LogP contribution < -0.4 is 18.9 Å². The van der Waals surface area contributed by atoms with Crippen molar-refractivity contribution in [3.63, 3.8) is 0 Å². The van der Waals surface area contributed by atoms with Crippen molar-refractivity contribution in [2.75, 3.05) is 0 Å². The van der Waals surface area contributed by atoms with Crippen molar-refractivity contribution in [2.45, 2.75) is 126 Å². The average Bonchev–Trinajstić information content (AvgIpc) is 3.30. The second kappa shape index (κ2) is 10.4. The van der Waals surface area contributed by atoms with Crippen LogP contribution >= 0.6 is 0 Å². The Morgan fingerprint density at radius 3 is 1.53 bits per heavy atom. The normalized spacial score (nSPS) is 21.4. The van der Waals surface area contributed by atoms with Crippen molar-refractivity contribution in [1.29, 1.82) is 0 Å². The first kappa shape index (κ1) is 33.1. The molecule has 1 heterocycles. The van der Waals surface area contributed by atoms with E-state index in [1.54, 1.807) is 17.2 Å². The molecule has 0 saturated carbocycles. The van der Waals surface area contributed by atoms with Gasteiger partial charge in [0.25, 0.3) is 0 Å². The summed E-state index contributed by atoms with van der Waals surface area (Å²) in [5.74, 6) is 0. The number of hydrogen-bond donors (Lipinski definition) is 0. The van der Waals surface area contributed by atoms with Crippen molar-refractivity contribution in [2.24, 2.45) is 5.41 Å². The standard InChI is InChI=1S/C29H57Si6.Li/c1-29(2,3)22-35(27(31(4,5)6)32(7,8)9,28(33(10,11)12)34(13,14)15)30-25-21-20-23-18-16-17-19-24(23)26(25)30;/h16-21,25-28H,22H2,1-15H3;/q-1;+1. The summed E-state index contributed by atoms with van der Waals surface area (Å²) in [6.07, 6.45) is 5.27. The molecule has 36 heavy (non-hydrogen) atoms. The Kier molecular flexibility index (Phi) is 9.51. The number of fused-ring (bicyclic) bond motifs is 3. The van der Waals surface area contributed by atoms with Crippen LogP contribution in [0.1, 0.15) is 37.4 Å². The van der Waals surface area contributed by atoms with Gasteiger partial charge in [-0.2, -0.15) is 11.1 Å². The van der Waals surface area contributed by atoms with E-state index >= 15 is 0 Å². The number of benzene rings is 1. The largest absolute Gasteiger partial charge is 1.00 e. The molecule has 1 aromatic rings. The third kappa shape index (κ3) is 6.43. The fourth-order valence-corrected chi connectivity index (χ4v) is 98.7. The first-order valence-corrected chi connectivity index (χ1v) is 33.5. The van der Waals surface area contributed by atoms with E-state index in [9.17, 15) is 0 Å². The molecule has 0 radical (unpaired) electrons. The molecule has 0 spiro atoms. The molecule has 0 N–H and O–H groups in total. The summed E-state index contributed by atoms with van der Waals surface area (Å²) in [5.41, 5.74) is 5.53. The Balaban J connectivity index is 0.00000456. The zero-order chi connectivity index (χ0) is 27.0. The third-order valence-electron chi connectivity index (χ3n) is 8.61. The molecule has 1 aromatic carbocycles. The maximum Gasteiger partial charge on any atom is 1.00 e. The van der Waals surface area contributed by atoms with E-state index in [2.05, 4.69) is 136 Å². The summed E-state index contributed by atoms with van der Waals surface area (Å²) >= 11 is 0. The van der Waals surface area contributed by atoms with E-state index in [0.717, 1.165) is 20.7 Å². The number of allylic oxidation sites excluding steroid dienone is 1. The minimum Gasteiger partial charge on any atom is -0.245 e. The van der Waals surface area contributed by atoms with E-state index < -0.39 is 48.2 Å². The van der Waals surface area contributed by atoms with Crippen LogP contribution in [-0.4, -0.2) is 48.2 Å². The Morgan fingerprint density at radius 2 is 1.14 bits per heavy atom. The second-order valence-corrected chi connectivity index (χ2v) is 52.6. The van der Waals surface area contributed by atoms with Crippen LogP contribution in [0.5, 0.6) is 0 Å². The molecule has 2 unspecified atom stereocenters. The summed E-state index contributed by atoms with van der Waals surface area (Å²) in [6, 6.07) is 11.1. The molecule has 0 amide bonds. The Labute approximate surface area is 244 Å². The van der Waals surface area contributed by atoms with Gasteiger partial charge in [0.2, 0.25) is 0 Å². The van der Waals surface area contributed by atoms with Crippen LogP contribution in [0.3, 0.4) is 0 Å². The summed E-state index contributed by atoms with van der Waals surface area (Å²) in [5, 5.41) is 0. The van der Waals surface area contributed by atoms with E-state index in [-0.39, 0.29) is 18.9 Å². The Hall–Kier alpha value is 0.859. The molecule has 1 saturated heterocycles. The fraction of sp³-hybridized carbons (Fsp3) is 0.724. The van der Waals surface area contributed by atoms with Gasteiger partial charge in [-0.3, -0.25) is 0 Å². The minimum atomic E-state index is -1.70. The van der Waals surface area contributed by atoms with Gasteiger partial charge in [0.15, 0.2) is 0 Å². The molecule has 2 atom stereocenters. The molecule has 0 nitrogen and oxygen atoms in total. The first-order valence-electron chi connectivity index (χ1n) is 14.2. The topological polar surface area (TPSA) is 0 Å². The van der Waals surface area contributed by atoms with E-state index in [4.69, 9.17) is 0 Å². The zero-order valence-corrected chi connectivity index (χ0v) is 33.0. The maximum atomic E-state index is 2.80. The van der Waals surface area contributed by atoms with Crippen molar-refractivity contribution >= 4 is 54.3 Å². The molecule has 3 rings (SSSR count). The molecule has 198 valence electrons. The quantitative estimate of drug-likeness (QED) is 0.289. The predicted octanol–water partition coefficient (Wildman–Crippen LogP) is 7.04. The summed E-state index contributed by atoms with van der Waals surface area (Å²) in [6.45, 7) is 41.4. The maximum absolute atomic E-state index is 2.80. The molecule has 0 aromatic heterocycles. The van der Waals surface area contributed by atoms with Gasteiger partial charge in [-0.05, 0) is 11.0 Å². The smallest absolute Gasteiger partial charge is 0.245 e. The molecule has 7 heteroatoms. The van der Waals surface area contributed by atoms with Gasteiger partial charge >= 0.3 is 18.9 Å². The molecule has 1 aliphatic carbocycles. The van der Waals surface area contributed by atoms with Crippen LogP contribution in [0, 0.1) is 5.41 Å². The van der Waals surface area contributed by atoms with Crippen molar-refractivity contribution < 1.29 is 18.9 Å². The van der Waals surface area contributed by atoms with Crippen molar-refractivity contribution in [1.82, 2.24) is 0 Å². The summed E-state index contributed by atoms with van der Waals surface area (Å²) in [4.78, 5) is 2.23. The van der Waals surface area contributed by atoms with Crippen LogP contribution in [0.25, 0.3) is 6.08 Å². The third-order valence-corrected chi connectivity index (χ3v) is 60.4. The Bertz CT molecular complexity index is 892. The molecular formula is C29H57LiSi6. The van der Waals surface area contributed by atoms with Gasteiger partial charge in [0, 0.05) is 32.3 Å². The minimum absolute atomic E-state index is 0. The van der Waals surface area contributed by atoms with Crippen LogP contribution in [0.15, 0.2) is 30.3 Å². The van der Waals surface area contributed by atoms with E-state index in [0.29, 0.717) is 5.41 Å². The Morgan fingerprint density at radius 1 is 0.722 bits per heavy atom. The molecule has 1 aliphatic heterocycles. The fourth-order valence-electron chi connectivity index (χ4n) is 9.98. The van der Waals surface area contributed by atoms with Crippen LogP contribution in [-0.2, 0) is 0 Å². The average molecular weight is 581 g/mol. The van der Waals surface area contributed by atoms with Crippen molar-refractivity contribution in [3.05, 3.63) is 41.5 Å². The molecular weight excluding hydrogens is 524 g/mol. The van der Waals surface area contributed by atoms with Crippen LogP contribution in [0.2, 0.25) is 99.7 Å². The monoisotopic (exact) mass is 580 g/mol. The van der Waals surface area contributed by atoms with E-state index in [1.807, 2.05) is 0 Å². The SMILES string of the molecule is CC(C)(C)C[Si](C([Si](C)(C)C)[Si](C)(C)C)(C([Si](C)(C)C)[Si](C)(C)C)[Si-]1C2C=Cc3ccccc3C21.[Li+]. The van der Waals surface area contributed by atoms with Gasteiger partial charge in [-0.25, -0.2) is 8.31 Å². The molecule has 0 bridgehead atoms. The zero-order valence-electron chi connectivity index (χ0n) is 27.0. The molecule has 1 fully saturated rings. The van der Waals surface area contributed by atoms with Gasteiger partial charge in [-0.1, -0.05) is 158 Å². The van der Waals surface area contributed by atoms with Gasteiger partial charge < -0.3 is 0 Å². The van der Waals surface area contributed by atoms with Gasteiger partial charge in [-0.15, -0.1) is 6.08 Å². The second-order valence-electron chi connectivity index (χ2n) is 17.6.